The Balaban J connectivity index is 1.77. The van der Waals surface area contributed by atoms with Crippen molar-refractivity contribution in [1.82, 2.24) is 5.32 Å². The second kappa shape index (κ2) is 42.1. The number of hydrogen-bond donors (Lipinski definition) is 10. The smallest absolute Gasteiger partial charge is 0.249 e. The van der Waals surface area contributed by atoms with Gasteiger partial charge >= 0.3 is 0 Å². The van der Waals surface area contributed by atoms with E-state index < -0.39 is 98.8 Å². The van der Waals surface area contributed by atoms with Crippen molar-refractivity contribution in [1.29, 1.82) is 0 Å². The van der Waals surface area contributed by atoms with Crippen LogP contribution in [0, 0.1) is 5.92 Å². The van der Waals surface area contributed by atoms with Crippen LogP contribution in [0.1, 0.15) is 245 Å². The van der Waals surface area contributed by atoms with Crippen molar-refractivity contribution in [3.05, 3.63) is 0 Å². The molecule has 0 aliphatic carbocycles. The molecular formula is C56H109NO14. The molecule has 2 heterocycles. The first-order chi connectivity index (χ1) is 34.3. The summed E-state index contributed by atoms with van der Waals surface area (Å²) in [6.45, 7) is 5.51. The van der Waals surface area contributed by atoms with Crippen LogP contribution < -0.4 is 5.32 Å². The van der Waals surface area contributed by atoms with Crippen molar-refractivity contribution in [3.8, 4) is 0 Å². The maximum atomic E-state index is 13.3. The number of carbonyl (C=O) groups excluding carboxylic acids is 1. The normalized spacial score (nSPS) is 25.6. The van der Waals surface area contributed by atoms with E-state index >= 15 is 0 Å². The molecule has 0 aromatic rings. The topological polar surface area (TPSA) is 248 Å². The Morgan fingerprint density at radius 1 is 0.507 bits per heavy atom. The van der Waals surface area contributed by atoms with Gasteiger partial charge in [0.05, 0.1) is 32.0 Å². The Hall–Kier alpha value is -1.05. The molecule has 2 saturated heterocycles. The molecule has 0 saturated carbocycles. The number of aliphatic hydroxyl groups is 9. The van der Waals surface area contributed by atoms with Crippen LogP contribution in [0.2, 0.25) is 0 Å². The van der Waals surface area contributed by atoms with Crippen LogP contribution in [-0.4, -0.2) is 151 Å². The fourth-order valence-electron chi connectivity index (χ4n) is 9.85. The van der Waals surface area contributed by atoms with Gasteiger partial charge in [-0.2, -0.15) is 0 Å². The molecule has 2 aliphatic rings. The van der Waals surface area contributed by atoms with E-state index in [0.29, 0.717) is 12.8 Å². The fourth-order valence-corrected chi connectivity index (χ4v) is 9.85. The third-order valence-electron chi connectivity index (χ3n) is 14.8. The van der Waals surface area contributed by atoms with Gasteiger partial charge in [0.15, 0.2) is 12.6 Å². The van der Waals surface area contributed by atoms with E-state index in [9.17, 15) is 50.8 Å². The van der Waals surface area contributed by atoms with Gasteiger partial charge in [-0.25, -0.2) is 0 Å². The second-order valence-corrected chi connectivity index (χ2v) is 21.8. The van der Waals surface area contributed by atoms with E-state index in [1.807, 2.05) is 0 Å². The minimum atomic E-state index is -1.77. The summed E-state index contributed by atoms with van der Waals surface area (Å²) in [5.74, 6) is 0.0351. The first kappa shape index (κ1) is 66.1. The summed E-state index contributed by atoms with van der Waals surface area (Å²) in [6, 6.07) is -1.24. The molecule has 0 aromatic heterocycles. The highest BCUT2D eigenvalue weighted by atomic mass is 16.7. The SMILES string of the molecule is CCCCCCCCCCCCCCCCCCCCCCC[C@@H](O)C(=O)N[C@@H](CO[C@@H]1O[C@H](CO[C@@H]2OC[C@@H](O)[C@@H](O)[C@@H]2O)[C@@H](O)[C@H](O)[C@H]1O)[C@H](O)[C@H](O)CCCCCCCCCCCCCC(C)C. The van der Waals surface area contributed by atoms with Crippen LogP contribution in [0.25, 0.3) is 0 Å². The van der Waals surface area contributed by atoms with Gasteiger partial charge in [-0.15, -0.1) is 0 Å². The summed E-state index contributed by atoms with van der Waals surface area (Å²) in [7, 11) is 0. The zero-order valence-electron chi connectivity index (χ0n) is 45.0. The Kier molecular flexibility index (Phi) is 39.2. The number of aliphatic hydroxyl groups excluding tert-OH is 9. The zero-order chi connectivity index (χ0) is 52.1. The lowest BCUT2D eigenvalue weighted by molar-refractivity contribution is -0.322. The first-order valence-corrected chi connectivity index (χ1v) is 29.2. The molecule has 422 valence electrons. The molecule has 0 aromatic carbocycles. The average molecular weight is 1020 g/mol. The molecule has 2 fully saturated rings. The van der Waals surface area contributed by atoms with Crippen LogP contribution in [-0.2, 0) is 23.7 Å². The maximum absolute atomic E-state index is 13.3. The van der Waals surface area contributed by atoms with Gasteiger partial charge in [-0.1, -0.05) is 233 Å². The number of hydrogen-bond acceptors (Lipinski definition) is 14. The number of amides is 1. The number of unbranched alkanes of at least 4 members (excludes halogenated alkanes) is 30. The summed E-state index contributed by atoms with van der Waals surface area (Å²) in [6.07, 6.45) is 22.7. The van der Waals surface area contributed by atoms with Crippen LogP contribution in [0.3, 0.4) is 0 Å². The molecular weight excluding hydrogens is 911 g/mol. The van der Waals surface area contributed by atoms with E-state index in [1.54, 1.807) is 0 Å². The summed E-state index contributed by atoms with van der Waals surface area (Å²) >= 11 is 0. The maximum Gasteiger partial charge on any atom is 0.249 e. The molecule has 0 spiro atoms. The lowest BCUT2D eigenvalue weighted by Gasteiger charge is -2.42. The molecule has 71 heavy (non-hydrogen) atoms. The molecule has 13 atom stereocenters. The van der Waals surface area contributed by atoms with Gasteiger partial charge in [0.25, 0.3) is 0 Å². The Morgan fingerprint density at radius 3 is 1.37 bits per heavy atom. The van der Waals surface area contributed by atoms with Crippen molar-refractivity contribution in [3.63, 3.8) is 0 Å². The molecule has 0 radical (unpaired) electrons. The summed E-state index contributed by atoms with van der Waals surface area (Å²) < 4.78 is 22.3. The molecule has 0 unspecified atom stereocenters. The summed E-state index contributed by atoms with van der Waals surface area (Å²) in [5.41, 5.74) is 0. The van der Waals surface area contributed by atoms with Crippen molar-refractivity contribution in [2.45, 2.75) is 325 Å². The molecule has 10 N–H and O–H groups in total. The molecule has 2 aliphatic heterocycles. The Morgan fingerprint density at radius 2 is 0.915 bits per heavy atom. The minimum absolute atomic E-state index is 0.223. The number of ether oxygens (including phenoxy) is 4. The van der Waals surface area contributed by atoms with E-state index in [2.05, 4.69) is 26.1 Å². The molecule has 1 amide bonds. The molecule has 0 bridgehead atoms. The van der Waals surface area contributed by atoms with Crippen LogP contribution in [0.15, 0.2) is 0 Å². The van der Waals surface area contributed by atoms with Crippen molar-refractivity contribution in [2.75, 3.05) is 19.8 Å². The highest BCUT2D eigenvalue weighted by molar-refractivity contribution is 5.80. The first-order valence-electron chi connectivity index (χ1n) is 29.2. The van der Waals surface area contributed by atoms with Crippen LogP contribution in [0.4, 0.5) is 0 Å². The molecule has 2 rings (SSSR count). The Labute approximate surface area is 430 Å². The zero-order valence-corrected chi connectivity index (χ0v) is 45.0. The van der Waals surface area contributed by atoms with Gasteiger partial charge in [-0.05, 0) is 18.8 Å². The number of rotatable bonds is 46. The average Bonchev–Trinajstić information content (AvgIpc) is 3.35. The highest BCUT2D eigenvalue weighted by Crippen LogP contribution is 2.26. The monoisotopic (exact) mass is 1020 g/mol. The van der Waals surface area contributed by atoms with Crippen LogP contribution in [0.5, 0.6) is 0 Å². The van der Waals surface area contributed by atoms with E-state index in [4.69, 9.17) is 18.9 Å². The fraction of sp³-hybridized carbons (Fsp3) is 0.982. The minimum Gasteiger partial charge on any atom is -0.390 e. The highest BCUT2D eigenvalue weighted by Gasteiger charge is 2.46. The van der Waals surface area contributed by atoms with Gasteiger partial charge in [0.1, 0.15) is 54.9 Å². The number of carbonyl (C=O) groups is 1. The predicted molar refractivity (Wildman–Crippen MR) is 278 cm³/mol. The summed E-state index contributed by atoms with van der Waals surface area (Å²) in [4.78, 5) is 13.3. The van der Waals surface area contributed by atoms with Crippen molar-refractivity contribution >= 4 is 5.91 Å². The van der Waals surface area contributed by atoms with Gasteiger partial charge < -0.3 is 70.2 Å². The van der Waals surface area contributed by atoms with Crippen LogP contribution >= 0.6 is 0 Å². The Bertz CT molecular complexity index is 1240. The summed E-state index contributed by atoms with van der Waals surface area (Å²) in [5, 5.41) is 98.2. The molecule has 15 heteroatoms. The van der Waals surface area contributed by atoms with Gasteiger partial charge in [0.2, 0.25) is 5.91 Å². The predicted octanol–water partition coefficient (Wildman–Crippen LogP) is 8.16. The van der Waals surface area contributed by atoms with E-state index in [0.717, 1.165) is 44.4 Å². The lowest BCUT2D eigenvalue weighted by atomic mass is 9.98. The van der Waals surface area contributed by atoms with Crippen molar-refractivity contribution < 1.29 is 69.7 Å². The second-order valence-electron chi connectivity index (χ2n) is 21.8. The molecule has 15 nitrogen and oxygen atoms in total. The largest absolute Gasteiger partial charge is 0.390 e. The van der Waals surface area contributed by atoms with Gasteiger partial charge in [0, 0.05) is 0 Å². The van der Waals surface area contributed by atoms with E-state index in [1.165, 1.54) is 161 Å². The van der Waals surface area contributed by atoms with Gasteiger partial charge in [-0.3, -0.25) is 4.79 Å². The lowest BCUT2D eigenvalue weighted by Crippen LogP contribution is -2.61. The third kappa shape index (κ3) is 30.3. The standard InChI is InChI=1S/C56H109NO14/c1-4-5-6-7-8-9-10-11-12-13-14-15-16-17-18-19-22-26-29-32-35-38-45(59)54(67)57-43(48(61)44(58)37-34-31-28-25-23-20-21-24-27-30-33-36-42(2)3)39-68-56-53(66)51(64)50(63)47(71-56)41-70-55-52(65)49(62)46(60)40-69-55/h42-53,55-56,58-66H,4-41H2,1-3H3,(H,57,67)/t43-,44+,45+,46+,47+,48-,49+,50+,51-,52-,53+,55-,56+/m0/s1. The number of nitrogens with one attached hydrogen (secondary N) is 1. The van der Waals surface area contributed by atoms with E-state index in [-0.39, 0.29) is 19.4 Å². The third-order valence-corrected chi connectivity index (χ3v) is 14.8. The van der Waals surface area contributed by atoms with Crippen molar-refractivity contribution in [2.24, 2.45) is 5.92 Å². The quantitative estimate of drug-likeness (QED) is 0.0259.